The van der Waals surface area contributed by atoms with Gasteiger partial charge in [0.2, 0.25) is 0 Å². The number of pyridine rings is 1. The van der Waals surface area contributed by atoms with E-state index >= 15 is 0 Å². The standard InChI is InChI=1S/C21H18N8/c1-27-13-17(11-25-27)16-6-19(28-5-4-24-20(28)7-16)18-12-26-29(14-18)21(2-3-22)8-15(9-21)10-23/h4-7,11-15H,2,8-9H2,1H3/t15-,21+. The van der Waals surface area contributed by atoms with E-state index in [0.29, 0.717) is 19.3 Å². The summed E-state index contributed by atoms with van der Waals surface area (Å²) in [6.07, 6.45) is 13.0. The van der Waals surface area contributed by atoms with E-state index in [1.165, 1.54) is 0 Å². The minimum absolute atomic E-state index is 0.00901. The van der Waals surface area contributed by atoms with Crippen LogP contribution in [-0.4, -0.2) is 28.9 Å². The van der Waals surface area contributed by atoms with Gasteiger partial charge in [-0.2, -0.15) is 20.7 Å². The maximum Gasteiger partial charge on any atom is 0.137 e. The van der Waals surface area contributed by atoms with Crippen LogP contribution in [-0.2, 0) is 12.6 Å². The van der Waals surface area contributed by atoms with Crippen molar-refractivity contribution in [3.8, 4) is 34.5 Å². The van der Waals surface area contributed by atoms with Crippen molar-refractivity contribution in [3.63, 3.8) is 0 Å². The second-order valence-corrected chi connectivity index (χ2v) is 7.65. The van der Waals surface area contributed by atoms with Crippen molar-refractivity contribution in [1.29, 1.82) is 10.5 Å². The summed E-state index contributed by atoms with van der Waals surface area (Å²) in [6.45, 7) is 0. The lowest BCUT2D eigenvalue weighted by Gasteiger charge is -2.43. The first-order valence-corrected chi connectivity index (χ1v) is 9.40. The van der Waals surface area contributed by atoms with Crippen molar-refractivity contribution in [3.05, 3.63) is 49.3 Å². The topological polar surface area (TPSA) is 101 Å². The molecule has 0 bridgehead atoms. The largest absolute Gasteiger partial charge is 0.300 e. The average Bonchev–Trinajstić information content (AvgIpc) is 3.43. The predicted octanol–water partition coefficient (Wildman–Crippen LogP) is 3.14. The van der Waals surface area contributed by atoms with E-state index < -0.39 is 0 Å². The minimum Gasteiger partial charge on any atom is -0.300 e. The smallest absolute Gasteiger partial charge is 0.137 e. The summed E-state index contributed by atoms with van der Waals surface area (Å²) in [5.41, 5.74) is 4.41. The highest BCUT2D eigenvalue weighted by molar-refractivity contribution is 5.74. The second kappa shape index (κ2) is 6.32. The molecule has 0 spiro atoms. The van der Waals surface area contributed by atoms with E-state index in [1.807, 2.05) is 53.2 Å². The van der Waals surface area contributed by atoms with Gasteiger partial charge in [-0.3, -0.25) is 13.8 Å². The zero-order valence-electron chi connectivity index (χ0n) is 15.9. The van der Waals surface area contributed by atoms with Gasteiger partial charge in [-0.1, -0.05) is 0 Å². The van der Waals surface area contributed by atoms with Gasteiger partial charge in [0.15, 0.2) is 0 Å². The van der Waals surface area contributed by atoms with E-state index in [2.05, 4.69) is 33.4 Å². The molecule has 4 aromatic heterocycles. The molecule has 5 rings (SSSR count). The number of nitrogens with zero attached hydrogens (tertiary/aromatic N) is 8. The maximum atomic E-state index is 9.29. The van der Waals surface area contributed by atoms with Crippen LogP contribution in [0.5, 0.6) is 0 Å². The Hall–Kier alpha value is -3.91. The van der Waals surface area contributed by atoms with Crippen molar-refractivity contribution in [2.45, 2.75) is 24.8 Å². The van der Waals surface area contributed by atoms with Crippen LogP contribution in [0.1, 0.15) is 19.3 Å². The molecule has 0 saturated heterocycles. The zero-order valence-corrected chi connectivity index (χ0v) is 15.9. The third-order valence-corrected chi connectivity index (χ3v) is 5.75. The molecule has 8 nitrogen and oxygen atoms in total. The Kier molecular flexibility index (Phi) is 3.75. The molecule has 0 amide bonds. The van der Waals surface area contributed by atoms with Gasteiger partial charge in [0.1, 0.15) is 5.65 Å². The van der Waals surface area contributed by atoms with Crippen molar-refractivity contribution < 1.29 is 0 Å². The molecule has 0 aliphatic heterocycles. The fourth-order valence-corrected chi connectivity index (χ4v) is 4.21. The predicted molar refractivity (Wildman–Crippen MR) is 105 cm³/mol. The number of nitriles is 2. The molecule has 4 aromatic rings. The van der Waals surface area contributed by atoms with Crippen molar-refractivity contribution in [1.82, 2.24) is 28.9 Å². The first-order valence-electron chi connectivity index (χ1n) is 9.40. The zero-order chi connectivity index (χ0) is 20.0. The summed E-state index contributed by atoms with van der Waals surface area (Å²) in [5.74, 6) is -0.00901. The molecule has 142 valence electrons. The lowest BCUT2D eigenvalue weighted by atomic mass is 9.67. The van der Waals surface area contributed by atoms with Crippen molar-refractivity contribution >= 4 is 5.65 Å². The molecule has 4 heterocycles. The summed E-state index contributed by atoms with van der Waals surface area (Å²) >= 11 is 0. The fraction of sp³-hybridized carbons (Fsp3) is 0.286. The molecule has 1 saturated carbocycles. The lowest BCUT2D eigenvalue weighted by molar-refractivity contribution is 0.0882. The SMILES string of the molecule is Cn1cc(-c2cc(-c3cnn([C@]4(CC#N)C[C@H](C#N)C4)c3)n3ccnc3c2)cn1. The van der Waals surface area contributed by atoms with Crippen LogP contribution in [0.2, 0.25) is 0 Å². The summed E-state index contributed by atoms with van der Waals surface area (Å²) in [7, 11) is 1.89. The molecule has 1 aliphatic rings. The number of rotatable bonds is 4. The highest BCUT2D eigenvalue weighted by Crippen LogP contribution is 2.46. The number of aryl methyl sites for hydroxylation is 1. The maximum absolute atomic E-state index is 9.29. The molecule has 1 aliphatic carbocycles. The molecular weight excluding hydrogens is 364 g/mol. The number of hydrogen-bond acceptors (Lipinski definition) is 5. The highest BCUT2D eigenvalue weighted by atomic mass is 15.3. The van der Waals surface area contributed by atoms with Crippen molar-refractivity contribution in [2.24, 2.45) is 13.0 Å². The molecule has 0 unspecified atom stereocenters. The van der Waals surface area contributed by atoms with Gasteiger partial charge in [-0.15, -0.1) is 0 Å². The Morgan fingerprint density at radius 3 is 2.66 bits per heavy atom. The van der Waals surface area contributed by atoms with Gasteiger partial charge < -0.3 is 0 Å². The number of imidazole rings is 1. The first-order chi connectivity index (χ1) is 14.1. The van der Waals surface area contributed by atoms with Crippen molar-refractivity contribution in [2.75, 3.05) is 0 Å². The Balaban J connectivity index is 1.59. The Morgan fingerprint density at radius 2 is 1.93 bits per heavy atom. The van der Waals surface area contributed by atoms with Crippen LogP contribution in [0.4, 0.5) is 0 Å². The lowest BCUT2D eigenvalue weighted by Crippen LogP contribution is -2.46. The normalized spacial score (nSPS) is 20.9. The van der Waals surface area contributed by atoms with Crippen LogP contribution in [0.25, 0.3) is 28.0 Å². The monoisotopic (exact) mass is 382 g/mol. The Bertz CT molecular complexity index is 1290. The number of hydrogen-bond donors (Lipinski definition) is 0. The van der Waals surface area contributed by atoms with Gasteiger partial charge in [0.05, 0.1) is 48.1 Å². The summed E-state index contributed by atoms with van der Waals surface area (Å²) in [5, 5.41) is 27.3. The molecule has 8 heteroatoms. The highest BCUT2D eigenvalue weighted by Gasteiger charge is 2.46. The first kappa shape index (κ1) is 17.2. The van der Waals surface area contributed by atoms with E-state index in [0.717, 1.165) is 28.0 Å². The molecule has 1 fully saturated rings. The molecule has 0 N–H and O–H groups in total. The quantitative estimate of drug-likeness (QED) is 0.540. The molecule has 0 radical (unpaired) electrons. The van der Waals surface area contributed by atoms with Gasteiger partial charge >= 0.3 is 0 Å². The summed E-state index contributed by atoms with van der Waals surface area (Å²) in [4.78, 5) is 4.46. The van der Waals surface area contributed by atoms with Gasteiger partial charge in [0, 0.05) is 43.0 Å². The third-order valence-electron chi connectivity index (χ3n) is 5.75. The Morgan fingerprint density at radius 1 is 1.10 bits per heavy atom. The van der Waals surface area contributed by atoms with Gasteiger partial charge in [-0.05, 0) is 30.5 Å². The number of fused-ring (bicyclic) bond motifs is 1. The van der Waals surface area contributed by atoms with E-state index in [-0.39, 0.29) is 11.5 Å². The van der Waals surface area contributed by atoms with Gasteiger partial charge in [0.25, 0.3) is 0 Å². The molecule has 29 heavy (non-hydrogen) atoms. The van der Waals surface area contributed by atoms with E-state index in [1.54, 1.807) is 10.9 Å². The fourth-order valence-electron chi connectivity index (χ4n) is 4.21. The minimum atomic E-state index is -0.386. The van der Waals surface area contributed by atoms with E-state index in [9.17, 15) is 10.5 Å². The van der Waals surface area contributed by atoms with Crippen LogP contribution in [0, 0.1) is 28.6 Å². The van der Waals surface area contributed by atoms with E-state index in [4.69, 9.17) is 0 Å². The summed E-state index contributed by atoms with van der Waals surface area (Å²) in [6, 6.07) is 8.70. The van der Waals surface area contributed by atoms with Crippen LogP contribution in [0.3, 0.4) is 0 Å². The Labute approximate surface area is 167 Å². The summed E-state index contributed by atoms with van der Waals surface area (Å²) < 4.78 is 5.67. The van der Waals surface area contributed by atoms with Crippen LogP contribution in [0.15, 0.2) is 49.3 Å². The van der Waals surface area contributed by atoms with Gasteiger partial charge in [-0.25, -0.2) is 4.98 Å². The molecule has 0 atom stereocenters. The average molecular weight is 382 g/mol. The third kappa shape index (κ3) is 2.69. The number of aromatic nitrogens is 6. The molecule has 0 aromatic carbocycles. The second-order valence-electron chi connectivity index (χ2n) is 7.65. The van der Waals surface area contributed by atoms with Crippen LogP contribution >= 0.6 is 0 Å². The molecular formula is C21H18N8. The van der Waals surface area contributed by atoms with Crippen LogP contribution < -0.4 is 0 Å².